The third kappa shape index (κ3) is 2.17. The Hall–Kier alpha value is -1.43. The first kappa shape index (κ1) is 12.0. The first-order chi connectivity index (χ1) is 7.93. The quantitative estimate of drug-likeness (QED) is 0.874. The normalized spacial score (nSPS) is 16.1. The minimum atomic E-state index is -4.47. The van der Waals surface area contributed by atoms with Crippen molar-refractivity contribution >= 4 is 0 Å². The fourth-order valence-electron chi connectivity index (χ4n) is 1.71. The summed E-state index contributed by atoms with van der Waals surface area (Å²) in [6.45, 7) is 1.08. The van der Waals surface area contributed by atoms with E-state index in [1.807, 2.05) is 0 Å². The van der Waals surface area contributed by atoms with Gasteiger partial charge < -0.3 is 14.6 Å². The fourth-order valence-corrected chi connectivity index (χ4v) is 1.71. The zero-order valence-corrected chi connectivity index (χ0v) is 9.04. The maximum absolute atomic E-state index is 12.8. The number of aliphatic hydroxyl groups is 1. The van der Waals surface area contributed by atoms with Crippen LogP contribution in [0.1, 0.15) is 24.0 Å². The van der Waals surface area contributed by atoms with Crippen molar-refractivity contribution in [3.8, 4) is 11.5 Å². The lowest BCUT2D eigenvalue weighted by molar-refractivity contribution is -0.138. The fraction of sp³-hybridized carbons (Fsp3) is 0.455. The highest BCUT2D eigenvalue weighted by Crippen LogP contribution is 2.43. The average molecular weight is 248 g/mol. The summed E-state index contributed by atoms with van der Waals surface area (Å²) in [5, 5.41) is 8.99. The second-order valence-corrected chi connectivity index (χ2v) is 3.87. The maximum Gasteiger partial charge on any atom is 0.416 e. The average Bonchev–Trinajstić information content (AvgIpc) is 2.72. The number of rotatable bonds is 2. The van der Waals surface area contributed by atoms with Crippen molar-refractivity contribution in [2.75, 3.05) is 13.4 Å². The molecule has 1 atom stereocenters. The lowest BCUT2D eigenvalue weighted by Gasteiger charge is -2.17. The lowest BCUT2D eigenvalue weighted by Crippen LogP contribution is -2.12. The predicted molar refractivity (Wildman–Crippen MR) is 53.1 cm³/mol. The molecule has 0 bridgehead atoms. The van der Waals surface area contributed by atoms with Crippen LogP contribution in [0.2, 0.25) is 0 Å². The van der Waals surface area contributed by atoms with E-state index in [1.165, 1.54) is 13.0 Å². The Balaban J connectivity index is 2.55. The van der Waals surface area contributed by atoms with Crippen LogP contribution in [-0.4, -0.2) is 18.5 Å². The smallest absolute Gasteiger partial charge is 0.416 e. The van der Waals surface area contributed by atoms with Gasteiger partial charge in [-0.05, 0) is 17.7 Å². The first-order valence-corrected chi connectivity index (χ1v) is 5.05. The van der Waals surface area contributed by atoms with Crippen molar-refractivity contribution in [1.29, 1.82) is 0 Å². The number of benzene rings is 1. The van der Waals surface area contributed by atoms with Gasteiger partial charge >= 0.3 is 6.18 Å². The van der Waals surface area contributed by atoms with Gasteiger partial charge in [0.25, 0.3) is 0 Å². The van der Waals surface area contributed by atoms with Crippen molar-refractivity contribution in [3.63, 3.8) is 0 Å². The number of aliphatic hydroxyl groups excluding tert-OH is 1. The van der Waals surface area contributed by atoms with Gasteiger partial charge in [-0.2, -0.15) is 13.2 Å². The van der Waals surface area contributed by atoms with Crippen molar-refractivity contribution in [1.82, 2.24) is 0 Å². The van der Waals surface area contributed by atoms with Gasteiger partial charge in [0.1, 0.15) is 0 Å². The molecule has 1 heterocycles. The van der Waals surface area contributed by atoms with Crippen LogP contribution < -0.4 is 9.47 Å². The zero-order chi connectivity index (χ0) is 12.6. The molecular formula is C11H11F3O3. The molecular weight excluding hydrogens is 237 g/mol. The topological polar surface area (TPSA) is 38.7 Å². The van der Waals surface area contributed by atoms with E-state index in [1.54, 1.807) is 0 Å². The van der Waals surface area contributed by atoms with Gasteiger partial charge in [-0.3, -0.25) is 0 Å². The zero-order valence-electron chi connectivity index (χ0n) is 9.04. The van der Waals surface area contributed by atoms with Gasteiger partial charge in [-0.1, -0.05) is 6.92 Å². The first-order valence-electron chi connectivity index (χ1n) is 5.05. The molecule has 0 spiro atoms. The molecule has 0 fully saturated rings. The Kier molecular flexibility index (Phi) is 2.91. The molecule has 0 saturated heterocycles. The molecule has 2 rings (SSSR count). The van der Waals surface area contributed by atoms with Crippen LogP contribution >= 0.6 is 0 Å². The minimum Gasteiger partial charge on any atom is -0.454 e. The third-order valence-electron chi connectivity index (χ3n) is 2.65. The van der Waals surface area contributed by atoms with Crippen molar-refractivity contribution in [3.05, 3.63) is 23.3 Å². The van der Waals surface area contributed by atoms with E-state index >= 15 is 0 Å². The van der Waals surface area contributed by atoms with Crippen LogP contribution in [0.15, 0.2) is 12.1 Å². The molecule has 6 heteroatoms. The third-order valence-corrected chi connectivity index (χ3v) is 2.65. The number of fused-ring (bicyclic) bond motifs is 1. The molecule has 0 amide bonds. The highest BCUT2D eigenvalue weighted by atomic mass is 19.4. The highest BCUT2D eigenvalue weighted by molar-refractivity contribution is 5.50. The molecule has 0 radical (unpaired) electrons. The number of hydrogen-bond donors (Lipinski definition) is 1. The molecule has 1 aromatic carbocycles. The number of halogens is 3. The van der Waals surface area contributed by atoms with Crippen molar-refractivity contribution in [2.24, 2.45) is 0 Å². The van der Waals surface area contributed by atoms with Crippen LogP contribution in [0, 0.1) is 0 Å². The Labute approximate surface area is 95.8 Å². The molecule has 17 heavy (non-hydrogen) atoms. The summed E-state index contributed by atoms with van der Waals surface area (Å²) >= 11 is 0. The maximum atomic E-state index is 12.8. The Morgan fingerprint density at radius 1 is 1.29 bits per heavy atom. The summed E-state index contributed by atoms with van der Waals surface area (Å²) in [6, 6.07) is 2.20. The van der Waals surface area contributed by atoms with E-state index < -0.39 is 17.7 Å². The standard InChI is InChI=1S/C11H11F3O3/c1-6(4-15)7-2-9-10(17-5-16-9)3-8(7)11(12,13)14/h2-3,6,15H,4-5H2,1H3. The van der Waals surface area contributed by atoms with E-state index in [4.69, 9.17) is 14.6 Å². The molecule has 3 nitrogen and oxygen atoms in total. The van der Waals surface area contributed by atoms with Crippen LogP contribution in [0.5, 0.6) is 11.5 Å². The number of ether oxygens (including phenoxy) is 2. The van der Waals surface area contributed by atoms with Gasteiger partial charge in [-0.25, -0.2) is 0 Å². The molecule has 1 aliphatic heterocycles. The molecule has 1 N–H and O–H groups in total. The van der Waals surface area contributed by atoms with Gasteiger partial charge in [0, 0.05) is 12.5 Å². The van der Waals surface area contributed by atoms with E-state index in [-0.39, 0.29) is 30.5 Å². The summed E-state index contributed by atoms with van der Waals surface area (Å²) in [7, 11) is 0. The summed E-state index contributed by atoms with van der Waals surface area (Å²) in [4.78, 5) is 0. The van der Waals surface area contributed by atoms with Crippen LogP contribution in [0.25, 0.3) is 0 Å². The highest BCUT2D eigenvalue weighted by Gasteiger charge is 2.36. The predicted octanol–water partition coefficient (Wildman–Crippen LogP) is 2.53. The Bertz CT molecular complexity index is 429. The molecule has 1 aromatic rings. The molecule has 0 aromatic heterocycles. The molecule has 1 unspecified atom stereocenters. The van der Waals surface area contributed by atoms with E-state index in [9.17, 15) is 13.2 Å². The Morgan fingerprint density at radius 3 is 2.41 bits per heavy atom. The minimum absolute atomic E-state index is 0.0178. The van der Waals surface area contributed by atoms with Crippen LogP contribution in [0.4, 0.5) is 13.2 Å². The van der Waals surface area contributed by atoms with Crippen molar-refractivity contribution in [2.45, 2.75) is 19.0 Å². The largest absolute Gasteiger partial charge is 0.454 e. The Morgan fingerprint density at radius 2 is 1.88 bits per heavy atom. The number of hydrogen-bond acceptors (Lipinski definition) is 3. The summed E-state index contributed by atoms with van der Waals surface area (Å²) in [6.07, 6.45) is -4.47. The molecule has 0 aliphatic carbocycles. The molecule has 0 saturated carbocycles. The lowest BCUT2D eigenvalue weighted by atomic mass is 9.95. The molecule has 1 aliphatic rings. The summed E-state index contributed by atoms with van der Waals surface area (Å²) < 4.78 is 48.5. The van der Waals surface area contributed by atoms with E-state index in [2.05, 4.69) is 0 Å². The van der Waals surface area contributed by atoms with E-state index in [0.717, 1.165) is 6.07 Å². The van der Waals surface area contributed by atoms with Crippen LogP contribution in [0.3, 0.4) is 0 Å². The van der Waals surface area contributed by atoms with Gasteiger partial charge in [0.2, 0.25) is 6.79 Å². The summed E-state index contributed by atoms with van der Waals surface area (Å²) in [5.74, 6) is -0.236. The second-order valence-electron chi connectivity index (χ2n) is 3.87. The van der Waals surface area contributed by atoms with Gasteiger partial charge in [0.05, 0.1) is 5.56 Å². The SMILES string of the molecule is CC(CO)c1cc2c(cc1C(F)(F)F)OCO2. The van der Waals surface area contributed by atoms with E-state index in [0.29, 0.717) is 0 Å². The van der Waals surface area contributed by atoms with Crippen LogP contribution in [-0.2, 0) is 6.18 Å². The second kappa shape index (κ2) is 4.10. The summed E-state index contributed by atoms with van der Waals surface area (Å²) in [5.41, 5.74) is -0.771. The monoisotopic (exact) mass is 248 g/mol. The van der Waals surface area contributed by atoms with Gasteiger partial charge in [0.15, 0.2) is 11.5 Å². The van der Waals surface area contributed by atoms with Gasteiger partial charge in [-0.15, -0.1) is 0 Å². The number of alkyl halides is 3. The van der Waals surface area contributed by atoms with Crippen molar-refractivity contribution < 1.29 is 27.8 Å². The molecule has 94 valence electrons.